The highest BCUT2D eigenvalue weighted by molar-refractivity contribution is 8.20. The standard InChI is InChI=1S/C39H33P2/c1-2-39(40(33-21-9-3-10-22-33,34-23-11-4-12-24-34)35-25-13-5-14-26-35)41(36-27-15-6-16-28-36,37-29-17-7-18-30-37)38-31-19-8-20-32-38/h2-32H,1H2/q+1. The molecule has 0 aromatic heterocycles. The molecule has 2 heteroatoms. The Morgan fingerprint density at radius 2 is 0.634 bits per heavy atom. The second kappa shape index (κ2) is 12.1. The molecule has 6 rings (SSSR count). The number of allylic oxidation sites excluding steroid dienone is 1. The monoisotopic (exact) mass is 563 g/mol. The van der Waals surface area contributed by atoms with Gasteiger partial charge in [0.2, 0.25) is 0 Å². The van der Waals surface area contributed by atoms with Crippen LogP contribution in [0, 0.1) is 0 Å². The van der Waals surface area contributed by atoms with E-state index in [2.05, 4.69) is 195 Å². The summed E-state index contributed by atoms with van der Waals surface area (Å²) in [6.07, 6.45) is 2.22. The average molecular weight is 564 g/mol. The van der Waals surface area contributed by atoms with Gasteiger partial charge in [-0.2, -0.15) is 0 Å². The number of hydrogen-bond donors (Lipinski definition) is 0. The fraction of sp³-hybridized carbons (Fsp3) is 0. The van der Waals surface area contributed by atoms with Gasteiger partial charge in [0, 0.05) is 6.89 Å². The van der Waals surface area contributed by atoms with Gasteiger partial charge in [0.05, 0.1) is 0 Å². The van der Waals surface area contributed by atoms with Crippen LogP contribution in [-0.2, 0) is 0 Å². The highest BCUT2D eigenvalue weighted by Crippen LogP contribution is 2.65. The molecule has 198 valence electrons. The minimum atomic E-state index is -2.43. The molecular weight excluding hydrogens is 530 g/mol. The quantitative estimate of drug-likeness (QED) is 0.171. The molecule has 41 heavy (non-hydrogen) atoms. The molecule has 0 aliphatic carbocycles. The smallest absolute Gasteiger partial charge is 0.0951 e. The molecular formula is C39H33P2+. The van der Waals surface area contributed by atoms with E-state index in [0.717, 1.165) is 0 Å². The predicted molar refractivity (Wildman–Crippen MR) is 185 cm³/mol. The van der Waals surface area contributed by atoms with Gasteiger partial charge in [-0.1, -0.05) is 152 Å². The van der Waals surface area contributed by atoms with Gasteiger partial charge in [0.1, 0.15) is 28.2 Å². The summed E-state index contributed by atoms with van der Waals surface area (Å²) < 4.78 is 0. The first-order chi connectivity index (χ1) is 20.3. The van der Waals surface area contributed by atoms with Gasteiger partial charge >= 0.3 is 0 Å². The molecule has 0 amide bonds. The summed E-state index contributed by atoms with van der Waals surface area (Å²) in [5.74, 6) is 0. The van der Waals surface area contributed by atoms with E-state index in [-0.39, 0.29) is 0 Å². The first-order valence-electron chi connectivity index (χ1n) is 13.9. The summed E-state index contributed by atoms with van der Waals surface area (Å²) in [5, 5.41) is 9.40. The molecule has 0 nitrogen and oxygen atoms in total. The lowest BCUT2D eigenvalue weighted by atomic mass is 10.4. The average Bonchev–Trinajstić information content (AvgIpc) is 3.07. The number of rotatable bonds is 8. The zero-order valence-corrected chi connectivity index (χ0v) is 24.8. The summed E-state index contributed by atoms with van der Waals surface area (Å²) in [6.45, 7) is 2.23. The van der Waals surface area contributed by atoms with Crippen LogP contribution < -0.4 is 31.8 Å². The van der Waals surface area contributed by atoms with Gasteiger partial charge in [-0.15, -0.1) is 0 Å². The minimum Gasteiger partial charge on any atom is -0.0951 e. The molecule has 0 N–H and O–H groups in total. The fourth-order valence-corrected chi connectivity index (χ4v) is 17.6. The second-order valence-electron chi connectivity index (χ2n) is 9.92. The molecule has 0 fully saturated rings. The lowest BCUT2D eigenvalue weighted by Crippen LogP contribution is -2.40. The van der Waals surface area contributed by atoms with Crippen LogP contribution in [0.15, 0.2) is 195 Å². The highest BCUT2D eigenvalue weighted by Gasteiger charge is 2.53. The van der Waals surface area contributed by atoms with Crippen molar-refractivity contribution in [3.8, 4) is 0 Å². The molecule has 6 aromatic rings. The maximum absolute atomic E-state index is 4.66. The third kappa shape index (κ3) is 4.65. The van der Waals surface area contributed by atoms with Crippen molar-refractivity contribution in [2.45, 2.75) is 0 Å². The first-order valence-corrected chi connectivity index (χ1v) is 17.5. The largest absolute Gasteiger partial charge is 0.145 e. The lowest BCUT2D eigenvalue weighted by Gasteiger charge is -2.37. The lowest BCUT2D eigenvalue weighted by molar-refractivity contribution is 1.73. The SMILES string of the molecule is C=CC(=P(c1ccccc1)(c1ccccc1)c1ccccc1)[P+](c1ccccc1)(c1ccccc1)c1ccccc1. The number of benzene rings is 6. The molecule has 6 aromatic carbocycles. The second-order valence-corrected chi connectivity index (χ2v) is 17.0. The summed E-state index contributed by atoms with van der Waals surface area (Å²) in [4.78, 5) is 0. The van der Waals surface area contributed by atoms with Crippen molar-refractivity contribution >= 4 is 51.0 Å². The molecule has 0 spiro atoms. The summed E-state index contributed by atoms with van der Waals surface area (Å²) in [7, 11) is -2.43. The topological polar surface area (TPSA) is 0 Å². The Kier molecular flexibility index (Phi) is 7.98. The van der Waals surface area contributed by atoms with E-state index in [1.807, 2.05) is 0 Å². The highest BCUT2D eigenvalue weighted by atomic mass is 31.2. The van der Waals surface area contributed by atoms with E-state index in [0.29, 0.717) is 0 Å². The molecule has 0 heterocycles. The molecule has 0 aliphatic rings. The molecule has 0 atom stereocenters. The van der Waals surface area contributed by atoms with Gasteiger partial charge in [-0.05, 0) is 58.4 Å². The Bertz CT molecular complexity index is 1560. The molecule has 0 saturated carbocycles. The molecule has 0 bridgehead atoms. The Morgan fingerprint density at radius 1 is 0.390 bits per heavy atom. The van der Waals surface area contributed by atoms with Crippen LogP contribution in [0.25, 0.3) is 0 Å². The fourth-order valence-electron chi connectivity index (χ4n) is 6.10. The summed E-state index contributed by atoms with van der Waals surface area (Å²) in [5.41, 5.74) is 0. The Balaban J connectivity index is 1.98. The van der Waals surface area contributed by atoms with Gasteiger partial charge in [-0.3, -0.25) is 0 Å². The Hall–Kier alpha value is -4.21. The normalized spacial score (nSPS) is 11.5. The third-order valence-electron chi connectivity index (χ3n) is 7.73. The molecule has 0 aliphatic heterocycles. The minimum absolute atomic E-state index is 1.33. The first kappa shape index (κ1) is 27.0. The zero-order chi connectivity index (χ0) is 28.0. The van der Waals surface area contributed by atoms with Crippen LogP contribution in [-0.4, -0.2) is 5.03 Å². The van der Waals surface area contributed by atoms with E-state index >= 15 is 0 Å². The van der Waals surface area contributed by atoms with Crippen LogP contribution in [0.3, 0.4) is 0 Å². The van der Waals surface area contributed by atoms with Crippen LogP contribution in [0.5, 0.6) is 0 Å². The van der Waals surface area contributed by atoms with E-state index in [1.165, 1.54) is 36.9 Å². The number of hydrogen-bond acceptors (Lipinski definition) is 0. The Morgan fingerprint density at radius 3 is 0.878 bits per heavy atom. The van der Waals surface area contributed by atoms with Crippen LogP contribution in [0.1, 0.15) is 0 Å². The van der Waals surface area contributed by atoms with Crippen LogP contribution in [0.4, 0.5) is 0 Å². The van der Waals surface area contributed by atoms with Gasteiger partial charge in [0.15, 0.2) is 0 Å². The van der Waals surface area contributed by atoms with Gasteiger partial charge in [-0.25, -0.2) is 0 Å². The van der Waals surface area contributed by atoms with Crippen molar-refractivity contribution in [3.05, 3.63) is 195 Å². The van der Waals surface area contributed by atoms with E-state index in [9.17, 15) is 0 Å². The summed E-state index contributed by atoms with van der Waals surface area (Å²) in [6, 6.07) is 66.9. The Labute approximate surface area is 245 Å². The van der Waals surface area contributed by atoms with Crippen molar-refractivity contribution in [2.24, 2.45) is 0 Å². The van der Waals surface area contributed by atoms with Crippen molar-refractivity contribution in [1.82, 2.24) is 0 Å². The van der Waals surface area contributed by atoms with Crippen molar-refractivity contribution in [2.75, 3.05) is 0 Å². The maximum atomic E-state index is 4.66. The third-order valence-corrected chi connectivity index (χ3v) is 17.7. The van der Waals surface area contributed by atoms with Gasteiger partial charge in [0.25, 0.3) is 0 Å². The van der Waals surface area contributed by atoms with Crippen molar-refractivity contribution < 1.29 is 0 Å². The predicted octanol–water partition coefficient (Wildman–Crippen LogP) is 7.29. The molecule has 0 radical (unpaired) electrons. The van der Waals surface area contributed by atoms with Gasteiger partial charge < -0.3 is 0 Å². The van der Waals surface area contributed by atoms with Crippen LogP contribution in [0.2, 0.25) is 0 Å². The van der Waals surface area contributed by atoms with E-state index in [1.54, 1.807) is 0 Å². The summed E-state index contributed by atoms with van der Waals surface area (Å²) >= 11 is 0. The van der Waals surface area contributed by atoms with E-state index < -0.39 is 14.1 Å². The van der Waals surface area contributed by atoms with Crippen molar-refractivity contribution in [3.63, 3.8) is 0 Å². The zero-order valence-electron chi connectivity index (χ0n) is 23.0. The van der Waals surface area contributed by atoms with Crippen LogP contribution >= 0.6 is 14.1 Å². The maximum Gasteiger partial charge on any atom is 0.145 e. The molecule has 0 unspecified atom stereocenters. The van der Waals surface area contributed by atoms with Crippen molar-refractivity contribution in [1.29, 1.82) is 0 Å². The molecule has 0 saturated heterocycles. The van der Waals surface area contributed by atoms with E-state index in [4.69, 9.17) is 0 Å².